The Hall–Kier alpha value is -1.45. The molecule has 0 radical (unpaired) electrons. The van der Waals surface area contributed by atoms with Crippen LogP contribution >= 0.6 is 0 Å². The molecule has 0 spiro atoms. The molecule has 0 heterocycles. The molecule has 0 saturated heterocycles. The number of hydrogen-bond acceptors (Lipinski definition) is 2. The second-order valence-corrected chi connectivity index (χ2v) is 9.53. The van der Waals surface area contributed by atoms with Crippen molar-refractivity contribution in [3.05, 3.63) is 23.0 Å². The Morgan fingerprint density at radius 1 is 1.19 bits per heavy atom. The van der Waals surface area contributed by atoms with Crippen molar-refractivity contribution in [1.29, 1.82) is 0 Å². The molecule has 0 unspecified atom stereocenters. The van der Waals surface area contributed by atoms with Gasteiger partial charge in [0.05, 0.1) is 0 Å². The number of hydrogen-bond donors (Lipinski definition) is 1. The fourth-order valence-corrected chi connectivity index (χ4v) is 7.24. The van der Waals surface area contributed by atoms with Gasteiger partial charge in [0, 0.05) is 6.42 Å². The van der Waals surface area contributed by atoms with Gasteiger partial charge in [0.1, 0.15) is 0 Å². The van der Waals surface area contributed by atoms with Crippen LogP contribution in [0.4, 0.5) is 4.39 Å². The third-order valence-corrected chi connectivity index (χ3v) is 8.75. The molecule has 0 aliphatic heterocycles. The molecular weight excluding hydrogens is 331 g/mol. The molecular formula is C22H29FO3. The molecule has 3 fully saturated rings. The number of halogens is 1. The number of allylic oxidation sites excluding steroid dienone is 2. The summed E-state index contributed by atoms with van der Waals surface area (Å²) < 4.78 is 14.4. The van der Waals surface area contributed by atoms with Crippen molar-refractivity contribution in [2.75, 3.05) is 0 Å². The lowest BCUT2D eigenvalue weighted by Crippen LogP contribution is -2.52. The lowest BCUT2D eigenvalue weighted by molar-refractivity contribution is -0.134. The molecule has 4 rings (SSSR count). The number of rotatable bonds is 1. The molecule has 0 amide bonds. The van der Waals surface area contributed by atoms with Gasteiger partial charge in [-0.05, 0) is 84.7 Å². The van der Waals surface area contributed by atoms with Gasteiger partial charge in [-0.25, -0.2) is 4.79 Å². The van der Waals surface area contributed by atoms with Gasteiger partial charge < -0.3 is 5.11 Å². The predicted octanol–water partition coefficient (Wildman–Crippen LogP) is 5.07. The predicted molar refractivity (Wildman–Crippen MR) is 97.0 cm³/mol. The average Bonchev–Trinajstić information content (AvgIpc) is 2.92. The zero-order chi connectivity index (χ0) is 18.9. The molecule has 4 aliphatic rings. The van der Waals surface area contributed by atoms with Crippen LogP contribution in [0.5, 0.6) is 0 Å². The molecule has 3 saturated carbocycles. The van der Waals surface area contributed by atoms with Crippen LogP contribution in [-0.2, 0) is 9.59 Å². The summed E-state index contributed by atoms with van der Waals surface area (Å²) in [5.41, 5.74) is 1.63. The minimum atomic E-state index is -1.41. The first kappa shape index (κ1) is 17.9. The Kier molecular flexibility index (Phi) is 3.98. The SMILES string of the molecule is C[C@H]1CC(=O)C=C2CC[C@@H]3[C@H](CC[C@]4(C)C(=C(F)C(=O)O)CC[C@@H]34)[C@]21C. The van der Waals surface area contributed by atoms with E-state index in [0.29, 0.717) is 42.1 Å². The lowest BCUT2D eigenvalue weighted by Gasteiger charge is -2.59. The molecule has 142 valence electrons. The Labute approximate surface area is 154 Å². The van der Waals surface area contributed by atoms with Gasteiger partial charge in [-0.3, -0.25) is 4.79 Å². The van der Waals surface area contributed by atoms with Crippen molar-refractivity contribution in [1.82, 2.24) is 0 Å². The van der Waals surface area contributed by atoms with E-state index < -0.39 is 11.8 Å². The first-order valence-corrected chi connectivity index (χ1v) is 10.1. The minimum Gasteiger partial charge on any atom is -0.476 e. The molecule has 3 nitrogen and oxygen atoms in total. The van der Waals surface area contributed by atoms with Gasteiger partial charge in [0.25, 0.3) is 0 Å². The fourth-order valence-electron chi connectivity index (χ4n) is 7.24. The molecule has 26 heavy (non-hydrogen) atoms. The Bertz CT molecular complexity index is 736. The number of fused-ring (bicyclic) bond motifs is 5. The summed E-state index contributed by atoms with van der Waals surface area (Å²) in [5.74, 6) is -0.318. The first-order valence-electron chi connectivity index (χ1n) is 10.1. The number of ketones is 1. The van der Waals surface area contributed by atoms with Gasteiger partial charge in [0.2, 0.25) is 5.83 Å². The highest BCUT2D eigenvalue weighted by Gasteiger charge is 2.59. The topological polar surface area (TPSA) is 54.4 Å². The fraction of sp³-hybridized carbons (Fsp3) is 0.727. The zero-order valence-electron chi connectivity index (χ0n) is 16.0. The second-order valence-electron chi connectivity index (χ2n) is 9.53. The monoisotopic (exact) mass is 360 g/mol. The van der Waals surface area contributed by atoms with Crippen LogP contribution < -0.4 is 0 Å². The van der Waals surface area contributed by atoms with Crippen molar-refractivity contribution in [3.8, 4) is 0 Å². The van der Waals surface area contributed by atoms with Gasteiger partial charge in [-0.1, -0.05) is 26.3 Å². The summed E-state index contributed by atoms with van der Waals surface area (Å²) in [6.45, 7) is 6.66. The van der Waals surface area contributed by atoms with E-state index in [0.717, 1.165) is 32.1 Å². The van der Waals surface area contributed by atoms with E-state index in [1.807, 2.05) is 6.08 Å². The Balaban J connectivity index is 1.72. The van der Waals surface area contributed by atoms with Crippen LogP contribution in [0.25, 0.3) is 0 Å². The van der Waals surface area contributed by atoms with Crippen molar-refractivity contribution >= 4 is 11.8 Å². The Morgan fingerprint density at radius 3 is 2.62 bits per heavy atom. The number of aliphatic carboxylic acids is 1. The van der Waals surface area contributed by atoms with Gasteiger partial charge >= 0.3 is 5.97 Å². The second kappa shape index (κ2) is 5.77. The third-order valence-electron chi connectivity index (χ3n) is 8.75. The summed E-state index contributed by atoms with van der Waals surface area (Å²) in [7, 11) is 0. The molecule has 0 aromatic heterocycles. The number of carboxylic acids is 1. The highest BCUT2D eigenvalue weighted by atomic mass is 19.1. The maximum Gasteiger partial charge on any atom is 0.364 e. The molecule has 4 heteroatoms. The van der Waals surface area contributed by atoms with Gasteiger partial charge in [-0.2, -0.15) is 4.39 Å². The average molecular weight is 360 g/mol. The standard InChI is InChI=1S/C22H29FO3/c1-12-10-14(24)11-13-4-5-15-16-6-7-18(19(23)20(25)26)21(16,2)9-8-17(15)22(12,13)3/h11-12,15-17H,4-10H2,1-3H3,(H,25,26)/t12-,15-,16-,17-,21-,22-/m0/s1. The number of carboxylic acid groups (broad SMARTS) is 1. The minimum absolute atomic E-state index is 0.0654. The molecule has 1 N–H and O–H groups in total. The van der Waals surface area contributed by atoms with E-state index in [2.05, 4.69) is 20.8 Å². The van der Waals surface area contributed by atoms with Gasteiger partial charge in [0.15, 0.2) is 5.78 Å². The Morgan fingerprint density at radius 2 is 1.92 bits per heavy atom. The van der Waals surface area contributed by atoms with E-state index >= 15 is 0 Å². The van der Waals surface area contributed by atoms with Crippen molar-refractivity contribution in [2.24, 2.45) is 34.5 Å². The summed E-state index contributed by atoms with van der Waals surface area (Å²) in [6, 6.07) is 0. The van der Waals surface area contributed by atoms with Crippen molar-refractivity contribution in [3.63, 3.8) is 0 Å². The highest BCUT2D eigenvalue weighted by Crippen LogP contribution is 2.67. The van der Waals surface area contributed by atoms with Crippen LogP contribution in [-0.4, -0.2) is 16.9 Å². The zero-order valence-corrected chi connectivity index (χ0v) is 16.0. The quantitative estimate of drug-likeness (QED) is 0.664. The van der Waals surface area contributed by atoms with Crippen LogP contribution in [0.2, 0.25) is 0 Å². The summed E-state index contributed by atoms with van der Waals surface area (Å²) in [5, 5.41) is 9.16. The summed E-state index contributed by atoms with van der Waals surface area (Å²) in [6.07, 6.45) is 7.89. The van der Waals surface area contributed by atoms with E-state index in [-0.39, 0.29) is 16.6 Å². The van der Waals surface area contributed by atoms with E-state index in [4.69, 9.17) is 5.11 Å². The molecule has 6 atom stereocenters. The number of carbonyl (C=O) groups is 2. The van der Waals surface area contributed by atoms with E-state index in [1.165, 1.54) is 5.57 Å². The molecule has 0 aromatic rings. The van der Waals surface area contributed by atoms with Crippen LogP contribution in [0, 0.1) is 34.5 Å². The molecule has 0 bridgehead atoms. The molecule has 4 aliphatic carbocycles. The maximum absolute atomic E-state index is 14.4. The molecule has 0 aromatic carbocycles. The van der Waals surface area contributed by atoms with Crippen molar-refractivity contribution < 1.29 is 19.1 Å². The van der Waals surface area contributed by atoms with E-state index in [1.54, 1.807) is 0 Å². The highest BCUT2D eigenvalue weighted by molar-refractivity contribution is 5.92. The van der Waals surface area contributed by atoms with Crippen molar-refractivity contribution in [2.45, 2.75) is 65.7 Å². The largest absolute Gasteiger partial charge is 0.476 e. The van der Waals surface area contributed by atoms with Crippen LogP contribution in [0.3, 0.4) is 0 Å². The normalized spacial score (nSPS) is 46.8. The smallest absolute Gasteiger partial charge is 0.364 e. The maximum atomic E-state index is 14.4. The van der Waals surface area contributed by atoms with E-state index in [9.17, 15) is 14.0 Å². The summed E-state index contributed by atoms with van der Waals surface area (Å²) >= 11 is 0. The van der Waals surface area contributed by atoms with Gasteiger partial charge in [-0.15, -0.1) is 0 Å². The summed E-state index contributed by atoms with van der Waals surface area (Å²) in [4.78, 5) is 23.3. The lowest BCUT2D eigenvalue weighted by atomic mass is 9.45. The third kappa shape index (κ3) is 2.23. The van der Waals surface area contributed by atoms with Crippen LogP contribution in [0.1, 0.15) is 65.7 Å². The van der Waals surface area contributed by atoms with Crippen LogP contribution in [0.15, 0.2) is 23.0 Å². The first-order chi connectivity index (χ1) is 12.2. The number of carbonyl (C=O) groups excluding carboxylic acids is 1.